The second kappa shape index (κ2) is 7.09. The highest BCUT2D eigenvalue weighted by Gasteiger charge is 2.16. The first kappa shape index (κ1) is 17.8. The number of hydrazone groups is 1. The number of rotatable bonds is 5. The quantitative estimate of drug-likeness (QED) is 0.533. The molecule has 1 aromatic heterocycles. The molecule has 2 N–H and O–H groups in total. The first-order valence-corrected chi connectivity index (χ1v) is 9.26. The van der Waals surface area contributed by atoms with Crippen molar-refractivity contribution in [2.45, 2.75) is 18.7 Å². The van der Waals surface area contributed by atoms with Crippen molar-refractivity contribution >= 4 is 16.2 Å². The second-order valence-electron chi connectivity index (χ2n) is 5.83. The van der Waals surface area contributed by atoms with Gasteiger partial charge in [0.15, 0.2) is 0 Å². The highest BCUT2D eigenvalue weighted by atomic mass is 32.2. The van der Waals surface area contributed by atoms with Gasteiger partial charge in [0.25, 0.3) is 10.0 Å². The van der Waals surface area contributed by atoms with Gasteiger partial charge in [-0.2, -0.15) is 18.6 Å². The molecule has 6 nitrogen and oxygen atoms in total. The minimum Gasteiger partial charge on any atom is -0.277 e. The molecule has 8 heteroatoms. The SMILES string of the molecule is Cc1ccc(C)c(S(=O)(=O)N/N=C/c2cn[nH]c2-c2ccc(F)cc2)c1. The van der Waals surface area contributed by atoms with Crippen LogP contribution in [0.1, 0.15) is 16.7 Å². The van der Waals surface area contributed by atoms with E-state index in [9.17, 15) is 12.8 Å². The van der Waals surface area contributed by atoms with Gasteiger partial charge in [0.05, 0.1) is 23.0 Å². The molecule has 3 rings (SSSR count). The van der Waals surface area contributed by atoms with Crippen LogP contribution in [0, 0.1) is 19.7 Å². The summed E-state index contributed by atoms with van der Waals surface area (Å²) in [4.78, 5) is 2.39. The number of sulfonamides is 1. The Hall–Kier alpha value is -3.00. The summed E-state index contributed by atoms with van der Waals surface area (Å²) in [6.07, 6.45) is 2.86. The van der Waals surface area contributed by atoms with Crippen LogP contribution in [0.4, 0.5) is 4.39 Å². The fraction of sp³-hybridized carbons (Fsp3) is 0.111. The summed E-state index contributed by atoms with van der Waals surface area (Å²) >= 11 is 0. The predicted octanol–water partition coefficient (Wildman–Crippen LogP) is 3.15. The zero-order valence-corrected chi connectivity index (χ0v) is 15.0. The lowest BCUT2D eigenvalue weighted by Gasteiger charge is -2.07. The number of benzene rings is 2. The smallest absolute Gasteiger partial charge is 0.276 e. The first-order chi connectivity index (χ1) is 12.4. The maximum atomic E-state index is 13.1. The molecule has 0 atom stereocenters. The molecular weight excluding hydrogens is 355 g/mol. The molecule has 2 aromatic carbocycles. The molecular formula is C18H17FN4O2S. The summed E-state index contributed by atoms with van der Waals surface area (Å²) in [5, 5.41) is 10.6. The van der Waals surface area contributed by atoms with E-state index in [-0.39, 0.29) is 10.7 Å². The van der Waals surface area contributed by atoms with Crippen molar-refractivity contribution in [3.05, 3.63) is 71.2 Å². The van der Waals surface area contributed by atoms with Crippen LogP contribution in [0.25, 0.3) is 11.3 Å². The second-order valence-corrected chi connectivity index (χ2v) is 7.46. The van der Waals surface area contributed by atoms with Crippen LogP contribution >= 0.6 is 0 Å². The van der Waals surface area contributed by atoms with Crippen molar-refractivity contribution in [1.29, 1.82) is 0 Å². The number of nitrogens with one attached hydrogen (secondary N) is 2. The van der Waals surface area contributed by atoms with E-state index >= 15 is 0 Å². The van der Waals surface area contributed by atoms with Gasteiger partial charge in [-0.3, -0.25) is 5.10 Å². The van der Waals surface area contributed by atoms with E-state index in [0.717, 1.165) is 5.56 Å². The number of halogens is 1. The van der Waals surface area contributed by atoms with Crippen molar-refractivity contribution in [3.63, 3.8) is 0 Å². The number of aromatic nitrogens is 2. The van der Waals surface area contributed by atoms with E-state index < -0.39 is 10.0 Å². The van der Waals surface area contributed by atoms with Crippen molar-refractivity contribution in [1.82, 2.24) is 15.0 Å². The van der Waals surface area contributed by atoms with Crippen molar-refractivity contribution in [3.8, 4) is 11.3 Å². The van der Waals surface area contributed by atoms with Crippen LogP contribution in [0.2, 0.25) is 0 Å². The largest absolute Gasteiger partial charge is 0.277 e. The van der Waals surface area contributed by atoms with Crippen LogP contribution in [0.3, 0.4) is 0 Å². The van der Waals surface area contributed by atoms with Crippen LogP contribution in [-0.4, -0.2) is 24.8 Å². The van der Waals surface area contributed by atoms with Crippen molar-refractivity contribution < 1.29 is 12.8 Å². The van der Waals surface area contributed by atoms with Gasteiger partial charge in [-0.15, -0.1) is 0 Å². The lowest BCUT2D eigenvalue weighted by molar-refractivity contribution is 0.584. The number of nitrogens with zero attached hydrogens (tertiary/aromatic N) is 2. The Morgan fingerprint density at radius 1 is 1.15 bits per heavy atom. The van der Waals surface area contributed by atoms with Gasteiger partial charge >= 0.3 is 0 Å². The highest BCUT2D eigenvalue weighted by Crippen LogP contribution is 2.20. The number of H-pyrrole nitrogens is 1. The molecule has 0 fully saturated rings. The van der Waals surface area contributed by atoms with Crippen LogP contribution in [0.5, 0.6) is 0 Å². The maximum Gasteiger partial charge on any atom is 0.276 e. The summed E-state index contributed by atoms with van der Waals surface area (Å²) in [6, 6.07) is 11.0. The molecule has 26 heavy (non-hydrogen) atoms. The van der Waals surface area contributed by atoms with Gasteiger partial charge in [0.2, 0.25) is 0 Å². The normalized spacial score (nSPS) is 11.8. The van der Waals surface area contributed by atoms with E-state index in [0.29, 0.717) is 22.4 Å². The summed E-state index contributed by atoms with van der Waals surface area (Å²) < 4.78 is 37.9. The molecule has 0 spiro atoms. The molecule has 0 aliphatic heterocycles. The van der Waals surface area contributed by atoms with Gasteiger partial charge < -0.3 is 0 Å². The van der Waals surface area contributed by atoms with Crippen LogP contribution < -0.4 is 4.83 Å². The fourth-order valence-corrected chi connectivity index (χ4v) is 3.58. The lowest BCUT2D eigenvalue weighted by Crippen LogP contribution is -2.19. The van der Waals surface area contributed by atoms with Gasteiger partial charge in [-0.1, -0.05) is 12.1 Å². The summed E-state index contributed by atoms with van der Waals surface area (Å²) in [5.74, 6) is -0.343. The molecule has 0 unspecified atom stereocenters. The Morgan fingerprint density at radius 2 is 1.88 bits per heavy atom. The third-order valence-corrected chi connectivity index (χ3v) is 5.18. The number of aryl methyl sites for hydroxylation is 2. The summed E-state index contributed by atoms with van der Waals surface area (Å²) in [7, 11) is -3.78. The molecule has 3 aromatic rings. The van der Waals surface area contributed by atoms with E-state index in [1.54, 1.807) is 31.2 Å². The van der Waals surface area contributed by atoms with Crippen LogP contribution in [0.15, 0.2) is 58.7 Å². The van der Waals surface area contributed by atoms with E-state index in [4.69, 9.17) is 0 Å². The zero-order chi connectivity index (χ0) is 18.7. The topological polar surface area (TPSA) is 87.2 Å². The van der Waals surface area contributed by atoms with Crippen molar-refractivity contribution in [2.75, 3.05) is 0 Å². The third-order valence-electron chi connectivity index (χ3n) is 3.81. The molecule has 1 heterocycles. The Kier molecular flexibility index (Phi) is 4.85. The highest BCUT2D eigenvalue weighted by molar-refractivity contribution is 7.89. The minimum absolute atomic E-state index is 0.181. The molecule has 0 aliphatic carbocycles. The van der Waals surface area contributed by atoms with E-state index in [1.807, 2.05) is 13.0 Å². The Balaban J connectivity index is 1.82. The standard InChI is InChI=1S/C18H17FN4O2S/c1-12-3-4-13(2)17(9-12)26(24,25)23-21-11-15-10-20-22-18(15)14-5-7-16(19)8-6-14/h3-11,23H,1-2H3,(H,20,22)/b21-11+. The summed E-state index contributed by atoms with van der Waals surface area (Å²) in [5.41, 5.74) is 3.37. The number of hydrogen-bond acceptors (Lipinski definition) is 4. The molecule has 0 amide bonds. The Bertz CT molecular complexity index is 1060. The fourth-order valence-electron chi connectivity index (χ4n) is 2.45. The van der Waals surface area contributed by atoms with Gasteiger partial charge in [0.1, 0.15) is 5.82 Å². The summed E-state index contributed by atoms with van der Waals surface area (Å²) in [6.45, 7) is 3.54. The van der Waals surface area contributed by atoms with Crippen LogP contribution in [-0.2, 0) is 10.0 Å². The average Bonchev–Trinajstić information content (AvgIpc) is 3.06. The average molecular weight is 372 g/mol. The number of aromatic amines is 1. The molecule has 0 radical (unpaired) electrons. The molecule has 0 bridgehead atoms. The maximum absolute atomic E-state index is 13.1. The number of hydrogen-bond donors (Lipinski definition) is 2. The molecule has 0 saturated heterocycles. The molecule has 0 aliphatic rings. The monoisotopic (exact) mass is 372 g/mol. The molecule has 0 saturated carbocycles. The Labute approximate surface area is 150 Å². The predicted molar refractivity (Wildman–Crippen MR) is 97.8 cm³/mol. The Morgan fingerprint density at radius 3 is 2.62 bits per heavy atom. The van der Waals surface area contributed by atoms with Gasteiger partial charge in [-0.05, 0) is 55.3 Å². The minimum atomic E-state index is -3.78. The lowest BCUT2D eigenvalue weighted by atomic mass is 10.1. The third kappa shape index (κ3) is 3.80. The van der Waals surface area contributed by atoms with E-state index in [2.05, 4.69) is 20.1 Å². The first-order valence-electron chi connectivity index (χ1n) is 7.78. The van der Waals surface area contributed by atoms with Crippen molar-refractivity contribution in [2.24, 2.45) is 5.10 Å². The van der Waals surface area contributed by atoms with Gasteiger partial charge in [0, 0.05) is 11.1 Å². The van der Waals surface area contributed by atoms with Gasteiger partial charge in [-0.25, -0.2) is 9.22 Å². The molecule has 134 valence electrons. The van der Waals surface area contributed by atoms with E-state index in [1.165, 1.54) is 24.5 Å². The zero-order valence-electron chi connectivity index (χ0n) is 14.2.